The molecule has 43 heavy (non-hydrogen) atoms. The standard InChI is InChI=1S/C30H36ClF3N6O3/c1-18-15-40(19(2)14-39(18)22-8-10-38(11-9-22)16-20-4-6-23(43-3)7-5-20)29-24(31)12-21(13-35-29)37-26-25(27(41)28(26)42)36-17-30(32,33)34/h4-7,12-13,18-19,22,36-37H,8-11,14-17H2,1-3H3/t18-,19+/m1/s1. The van der Waals surface area contributed by atoms with Crippen LogP contribution in [-0.2, 0) is 6.54 Å². The third-order valence-electron chi connectivity index (χ3n) is 8.36. The highest BCUT2D eigenvalue weighted by Crippen LogP contribution is 2.33. The van der Waals surface area contributed by atoms with E-state index >= 15 is 0 Å². The lowest BCUT2D eigenvalue weighted by molar-refractivity contribution is -0.115. The van der Waals surface area contributed by atoms with Crippen molar-refractivity contribution in [3.05, 3.63) is 67.6 Å². The van der Waals surface area contributed by atoms with Crippen molar-refractivity contribution in [2.24, 2.45) is 0 Å². The molecule has 2 fully saturated rings. The van der Waals surface area contributed by atoms with Crippen molar-refractivity contribution in [2.75, 3.05) is 55.4 Å². The Morgan fingerprint density at radius 2 is 1.70 bits per heavy atom. The third-order valence-corrected chi connectivity index (χ3v) is 8.64. The van der Waals surface area contributed by atoms with E-state index in [1.807, 2.05) is 17.4 Å². The van der Waals surface area contributed by atoms with Crippen molar-refractivity contribution in [3.8, 4) is 5.75 Å². The number of hydrogen-bond acceptors (Lipinski definition) is 9. The number of methoxy groups -OCH3 is 1. The van der Waals surface area contributed by atoms with Gasteiger partial charge in [-0.3, -0.25) is 19.4 Å². The predicted octanol–water partition coefficient (Wildman–Crippen LogP) is 4.62. The van der Waals surface area contributed by atoms with Gasteiger partial charge in [0.2, 0.25) is 0 Å². The summed E-state index contributed by atoms with van der Waals surface area (Å²) in [7, 11) is 1.67. The molecule has 0 saturated carbocycles. The van der Waals surface area contributed by atoms with Gasteiger partial charge in [-0.05, 0) is 63.5 Å². The molecule has 232 valence electrons. The Balaban J connectivity index is 1.17. The van der Waals surface area contributed by atoms with Crippen LogP contribution in [0.1, 0.15) is 32.3 Å². The summed E-state index contributed by atoms with van der Waals surface area (Å²) in [6.07, 6.45) is -0.864. The number of piperazine rings is 1. The minimum atomic E-state index is -4.53. The summed E-state index contributed by atoms with van der Waals surface area (Å²) in [5.41, 5.74) is -0.931. The molecule has 3 aromatic rings. The number of anilines is 4. The van der Waals surface area contributed by atoms with Crippen molar-refractivity contribution in [3.63, 3.8) is 0 Å². The Morgan fingerprint density at radius 1 is 1.02 bits per heavy atom. The molecule has 9 nitrogen and oxygen atoms in total. The van der Waals surface area contributed by atoms with Gasteiger partial charge in [-0.1, -0.05) is 23.7 Å². The van der Waals surface area contributed by atoms with Crippen molar-refractivity contribution < 1.29 is 17.9 Å². The quantitative estimate of drug-likeness (QED) is 0.333. The van der Waals surface area contributed by atoms with E-state index in [-0.39, 0.29) is 17.8 Å². The van der Waals surface area contributed by atoms with E-state index in [1.54, 1.807) is 13.2 Å². The van der Waals surface area contributed by atoms with E-state index in [2.05, 4.69) is 51.0 Å². The van der Waals surface area contributed by atoms with Crippen molar-refractivity contribution >= 4 is 34.5 Å². The minimum absolute atomic E-state index is 0.143. The lowest BCUT2D eigenvalue weighted by Crippen LogP contribution is -2.61. The average molecular weight is 621 g/mol. The molecule has 2 aromatic carbocycles. The Hall–Kier alpha value is -3.35. The van der Waals surface area contributed by atoms with Crippen LogP contribution in [0, 0.1) is 0 Å². The van der Waals surface area contributed by atoms with Gasteiger partial charge in [0.1, 0.15) is 29.5 Å². The van der Waals surface area contributed by atoms with E-state index < -0.39 is 29.3 Å². The Labute approximate surface area is 253 Å². The molecule has 0 bridgehead atoms. The number of piperidine rings is 1. The number of rotatable bonds is 9. The number of pyridine rings is 1. The summed E-state index contributed by atoms with van der Waals surface area (Å²) in [5, 5.41) is 5.04. The zero-order valence-corrected chi connectivity index (χ0v) is 25.1. The van der Waals surface area contributed by atoms with Gasteiger partial charge in [-0.25, -0.2) is 4.98 Å². The number of alkyl halides is 3. The second-order valence-electron chi connectivity index (χ2n) is 11.4. The van der Waals surface area contributed by atoms with Crippen LogP contribution >= 0.6 is 11.6 Å². The molecule has 2 atom stereocenters. The molecule has 3 heterocycles. The Kier molecular flexibility index (Phi) is 9.19. The van der Waals surface area contributed by atoms with Crippen LogP contribution in [0.25, 0.3) is 0 Å². The first kappa shape index (κ1) is 31.1. The highest BCUT2D eigenvalue weighted by atomic mass is 35.5. The SMILES string of the molecule is COc1ccc(CN2CCC(N3C[C@H](C)N(c4ncc(Nc5c(NCC(F)(F)F)c(=O)c5=O)cc4Cl)C[C@H]3C)CC2)cc1. The molecular weight excluding hydrogens is 585 g/mol. The largest absolute Gasteiger partial charge is 0.497 e. The lowest BCUT2D eigenvalue weighted by Gasteiger charge is -2.49. The monoisotopic (exact) mass is 620 g/mol. The number of nitrogens with zero attached hydrogens (tertiary/aromatic N) is 4. The predicted molar refractivity (Wildman–Crippen MR) is 163 cm³/mol. The molecule has 0 aliphatic carbocycles. The number of nitrogens with one attached hydrogen (secondary N) is 2. The second kappa shape index (κ2) is 12.7. The first-order valence-corrected chi connectivity index (χ1v) is 14.8. The second-order valence-corrected chi connectivity index (χ2v) is 11.8. The molecule has 2 aliphatic heterocycles. The van der Waals surface area contributed by atoms with Crippen molar-refractivity contribution in [1.29, 1.82) is 0 Å². The molecule has 0 spiro atoms. The van der Waals surface area contributed by atoms with Crippen LogP contribution in [0.5, 0.6) is 5.75 Å². The summed E-state index contributed by atoms with van der Waals surface area (Å²) in [4.78, 5) is 35.6. The number of hydrogen-bond donors (Lipinski definition) is 2. The highest BCUT2D eigenvalue weighted by molar-refractivity contribution is 6.33. The summed E-state index contributed by atoms with van der Waals surface area (Å²) in [5.74, 6) is 1.46. The Morgan fingerprint density at radius 3 is 2.33 bits per heavy atom. The third kappa shape index (κ3) is 7.08. The van der Waals surface area contributed by atoms with Crippen molar-refractivity contribution in [1.82, 2.24) is 14.8 Å². The lowest BCUT2D eigenvalue weighted by atomic mass is 9.97. The Bertz CT molecular complexity index is 1490. The fourth-order valence-corrected chi connectivity index (χ4v) is 6.35. The highest BCUT2D eigenvalue weighted by Gasteiger charge is 2.36. The number of aromatic nitrogens is 1. The van der Waals surface area contributed by atoms with Gasteiger partial charge in [0.25, 0.3) is 10.9 Å². The molecule has 5 rings (SSSR count). The van der Waals surface area contributed by atoms with E-state index in [0.29, 0.717) is 22.6 Å². The summed E-state index contributed by atoms with van der Waals surface area (Å²) in [6.45, 7) is 7.54. The number of benzene rings is 1. The number of likely N-dealkylation sites (tertiary alicyclic amines) is 1. The fourth-order valence-electron chi connectivity index (χ4n) is 6.08. The summed E-state index contributed by atoms with van der Waals surface area (Å²) in [6, 6.07) is 10.7. The maximum absolute atomic E-state index is 12.6. The van der Waals surface area contributed by atoms with Gasteiger partial charge in [-0.2, -0.15) is 13.2 Å². The smallest absolute Gasteiger partial charge is 0.405 e. The molecule has 13 heteroatoms. The van der Waals surface area contributed by atoms with Gasteiger partial charge in [0.05, 0.1) is 24.0 Å². The molecular formula is C30H36ClF3N6O3. The van der Waals surface area contributed by atoms with Gasteiger partial charge in [0.15, 0.2) is 0 Å². The van der Waals surface area contributed by atoms with E-state index in [4.69, 9.17) is 16.3 Å². The van der Waals surface area contributed by atoms with Crippen LogP contribution in [-0.4, -0.2) is 78.9 Å². The van der Waals surface area contributed by atoms with Crippen LogP contribution in [0.3, 0.4) is 0 Å². The summed E-state index contributed by atoms with van der Waals surface area (Å²) >= 11 is 6.62. The molecule has 1 aromatic heterocycles. The van der Waals surface area contributed by atoms with E-state index in [1.165, 1.54) is 11.8 Å². The fraction of sp³-hybridized carbons (Fsp3) is 0.500. The number of halogens is 4. The minimum Gasteiger partial charge on any atom is -0.497 e. The van der Waals surface area contributed by atoms with Gasteiger partial charge >= 0.3 is 6.18 Å². The molecule has 2 N–H and O–H groups in total. The first-order chi connectivity index (χ1) is 20.4. The van der Waals surface area contributed by atoms with E-state index in [0.717, 1.165) is 51.3 Å². The van der Waals surface area contributed by atoms with Crippen LogP contribution < -0.4 is 31.1 Å². The van der Waals surface area contributed by atoms with Gasteiger partial charge in [0, 0.05) is 37.8 Å². The molecule has 2 saturated heterocycles. The zero-order chi connectivity index (χ0) is 30.9. The summed E-state index contributed by atoms with van der Waals surface area (Å²) < 4.78 is 43.0. The van der Waals surface area contributed by atoms with Crippen LogP contribution in [0.4, 0.5) is 36.1 Å². The normalized spacial score (nSPS) is 20.9. The van der Waals surface area contributed by atoms with Gasteiger partial charge in [-0.15, -0.1) is 0 Å². The zero-order valence-electron chi connectivity index (χ0n) is 24.4. The molecule has 0 unspecified atom stereocenters. The van der Waals surface area contributed by atoms with Crippen LogP contribution in [0.2, 0.25) is 5.02 Å². The van der Waals surface area contributed by atoms with Crippen molar-refractivity contribution in [2.45, 2.75) is 57.5 Å². The topological polar surface area (TPSA) is 90.0 Å². The molecule has 2 aliphatic rings. The molecule has 0 radical (unpaired) electrons. The average Bonchev–Trinajstić information content (AvgIpc) is 2.98. The maximum atomic E-state index is 12.6. The number of ether oxygens (including phenoxy) is 1. The maximum Gasteiger partial charge on any atom is 0.405 e. The molecule has 0 amide bonds. The van der Waals surface area contributed by atoms with E-state index in [9.17, 15) is 22.8 Å². The first-order valence-electron chi connectivity index (χ1n) is 14.4. The van der Waals surface area contributed by atoms with Gasteiger partial charge < -0.3 is 20.3 Å². The van der Waals surface area contributed by atoms with Crippen LogP contribution in [0.15, 0.2) is 46.1 Å².